The highest BCUT2D eigenvalue weighted by Gasteiger charge is 2.13. The molecule has 0 spiro atoms. The van der Waals surface area contributed by atoms with Crippen molar-refractivity contribution >= 4 is 11.6 Å². The van der Waals surface area contributed by atoms with Crippen molar-refractivity contribution in [1.82, 2.24) is 0 Å². The predicted molar refractivity (Wildman–Crippen MR) is 53.4 cm³/mol. The minimum atomic E-state index is -0.429. The second-order valence-electron chi connectivity index (χ2n) is 2.92. The summed E-state index contributed by atoms with van der Waals surface area (Å²) in [6.45, 7) is -0.121. The topological polar surface area (TPSA) is 72.3 Å². The molecule has 3 nitrogen and oxygen atoms in total. The summed E-state index contributed by atoms with van der Waals surface area (Å²) in [7, 11) is 0. The van der Waals surface area contributed by atoms with Crippen LogP contribution in [-0.2, 0) is 0 Å². The molecule has 0 aromatic heterocycles. The van der Waals surface area contributed by atoms with Crippen molar-refractivity contribution in [2.24, 2.45) is 11.5 Å². The first-order valence-electron chi connectivity index (χ1n) is 4.02. The Morgan fingerprint density at radius 3 is 2.23 bits per heavy atom. The molecule has 0 saturated heterocycles. The Labute approximate surface area is 82.3 Å². The van der Waals surface area contributed by atoms with Gasteiger partial charge in [-0.2, -0.15) is 0 Å². The van der Waals surface area contributed by atoms with Gasteiger partial charge in [0.1, 0.15) is 0 Å². The molecule has 2 unspecified atom stereocenters. The van der Waals surface area contributed by atoms with E-state index in [0.717, 1.165) is 5.56 Å². The quantitative estimate of drug-likeness (QED) is 0.671. The van der Waals surface area contributed by atoms with Crippen molar-refractivity contribution in [3.05, 3.63) is 34.9 Å². The summed E-state index contributed by atoms with van der Waals surface area (Å²) in [5.41, 5.74) is 12.2. The molecule has 1 aromatic carbocycles. The standard InChI is InChI=1S/C9H13ClN2O/c10-7-3-1-6(2-4-7)9(12)8(11)5-13/h1-4,8-9,13H,5,11-12H2. The predicted octanol–water partition coefficient (Wildman–Crippen LogP) is 0.659. The molecule has 2 atom stereocenters. The van der Waals surface area contributed by atoms with Gasteiger partial charge < -0.3 is 16.6 Å². The van der Waals surface area contributed by atoms with E-state index in [1.807, 2.05) is 12.1 Å². The van der Waals surface area contributed by atoms with Crippen LogP contribution in [0.25, 0.3) is 0 Å². The average Bonchev–Trinajstić information content (AvgIpc) is 2.17. The van der Waals surface area contributed by atoms with Gasteiger partial charge in [-0.1, -0.05) is 23.7 Å². The van der Waals surface area contributed by atoms with Crippen molar-refractivity contribution in [3.8, 4) is 0 Å². The maximum absolute atomic E-state index is 8.79. The Bertz CT molecular complexity index is 263. The van der Waals surface area contributed by atoms with Crippen molar-refractivity contribution in [1.29, 1.82) is 0 Å². The van der Waals surface area contributed by atoms with Crippen molar-refractivity contribution in [2.75, 3.05) is 6.61 Å². The van der Waals surface area contributed by atoms with Gasteiger partial charge in [-0.3, -0.25) is 0 Å². The molecule has 0 heterocycles. The first kappa shape index (κ1) is 10.5. The van der Waals surface area contributed by atoms with Crippen LogP contribution in [0.15, 0.2) is 24.3 Å². The molecule has 0 bridgehead atoms. The molecular weight excluding hydrogens is 188 g/mol. The number of halogens is 1. The summed E-state index contributed by atoms with van der Waals surface area (Å²) < 4.78 is 0. The van der Waals surface area contributed by atoms with Crippen molar-refractivity contribution < 1.29 is 5.11 Å². The number of aliphatic hydroxyl groups is 1. The molecular formula is C9H13ClN2O. The third-order valence-electron chi connectivity index (χ3n) is 1.93. The van der Waals surface area contributed by atoms with E-state index in [1.165, 1.54) is 0 Å². The summed E-state index contributed by atoms with van der Waals surface area (Å²) in [6, 6.07) is 6.34. The Morgan fingerprint density at radius 1 is 1.23 bits per heavy atom. The normalized spacial score (nSPS) is 15.4. The van der Waals surface area contributed by atoms with Crippen LogP contribution in [0, 0.1) is 0 Å². The number of hydrogen-bond acceptors (Lipinski definition) is 3. The summed E-state index contributed by atoms with van der Waals surface area (Å²) in [4.78, 5) is 0. The Balaban J connectivity index is 2.77. The molecule has 0 aliphatic rings. The van der Waals surface area contributed by atoms with Gasteiger partial charge in [-0.25, -0.2) is 0 Å². The molecule has 0 amide bonds. The number of nitrogens with two attached hydrogens (primary N) is 2. The summed E-state index contributed by atoms with van der Waals surface area (Å²) in [6.07, 6.45) is 0. The molecule has 13 heavy (non-hydrogen) atoms. The van der Waals surface area contributed by atoms with E-state index in [9.17, 15) is 0 Å². The lowest BCUT2D eigenvalue weighted by Crippen LogP contribution is -2.36. The fraction of sp³-hybridized carbons (Fsp3) is 0.333. The van der Waals surface area contributed by atoms with Crippen LogP contribution in [0.4, 0.5) is 0 Å². The van der Waals surface area contributed by atoms with E-state index < -0.39 is 6.04 Å². The van der Waals surface area contributed by atoms with Crippen LogP contribution in [-0.4, -0.2) is 17.8 Å². The van der Waals surface area contributed by atoms with E-state index in [-0.39, 0.29) is 12.6 Å². The lowest BCUT2D eigenvalue weighted by Gasteiger charge is -2.17. The summed E-state index contributed by atoms with van der Waals surface area (Å²) >= 11 is 5.71. The van der Waals surface area contributed by atoms with Gasteiger partial charge in [0, 0.05) is 17.1 Å². The van der Waals surface area contributed by atoms with E-state index in [0.29, 0.717) is 5.02 Å². The van der Waals surface area contributed by atoms with E-state index in [4.69, 9.17) is 28.2 Å². The van der Waals surface area contributed by atoms with Gasteiger partial charge in [-0.15, -0.1) is 0 Å². The monoisotopic (exact) mass is 200 g/mol. The SMILES string of the molecule is NC(CO)C(N)c1ccc(Cl)cc1. The van der Waals surface area contributed by atoms with Crippen molar-refractivity contribution in [3.63, 3.8) is 0 Å². The molecule has 4 heteroatoms. The highest BCUT2D eigenvalue weighted by Crippen LogP contribution is 2.16. The Morgan fingerprint density at radius 2 is 1.77 bits per heavy atom. The van der Waals surface area contributed by atoms with Crippen LogP contribution >= 0.6 is 11.6 Å². The fourth-order valence-electron chi connectivity index (χ4n) is 1.05. The zero-order valence-corrected chi connectivity index (χ0v) is 7.91. The second kappa shape index (κ2) is 4.58. The number of hydrogen-bond donors (Lipinski definition) is 3. The van der Waals surface area contributed by atoms with E-state index in [1.54, 1.807) is 12.1 Å². The van der Waals surface area contributed by atoms with Gasteiger partial charge >= 0.3 is 0 Å². The van der Waals surface area contributed by atoms with Crippen LogP contribution in [0.2, 0.25) is 5.02 Å². The molecule has 1 rings (SSSR count). The first-order chi connectivity index (χ1) is 6.15. The summed E-state index contributed by atoms with van der Waals surface area (Å²) in [5.74, 6) is 0. The minimum absolute atomic E-state index is 0.121. The second-order valence-corrected chi connectivity index (χ2v) is 3.36. The minimum Gasteiger partial charge on any atom is -0.395 e. The van der Waals surface area contributed by atoms with E-state index >= 15 is 0 Å². The fourth-order valence-corrected chi connectivity index (χ4v) is 1.17. The van der Waals surface area contributed by atoms with Gasteiger partial charge in [0.2, 0.25) is 0 Å². The third-order valence-corrected chi connectivity index (χ3v) is 2.18. The highest BCUT2D eigenvalue weighted by molar-refractivity contribution is 6.30. The molecule has 0 aliphatic heterocycles. The molecule has 0 saturated carbocycles. The first-order valence-corrected chi connectivity index (χ1v) is 4.40. The smallest absolute Gasteiger partial charge is 0.0601 e. The van der Waals surface area contributed by atoms with Crippen molar-refractivity contribution in [2.45, 2.75) is 12.1 Å². The van der Waals surface area contributed by atoms with Crippen LogP contribution in [0.3, 0.4) is 0 Å². The maximum atomic E-state index is 8.79. The number of aliphatic hydroxyl groups excluding tert-OH is 1. The average molecular weight is 201 g/mol. The van der Waals surface area contributed by atoms with Gasteiger partial charge in [0.25, 0.3) is 0 Å². The Kier molecular flexibility index (Phi) is 3.69. The van der Waals surface area contributed by atoms with Gasteiger partial charge in [0.05, 0.1) is 6.61 Å². The molecule has 5 N–H and O–H groups in total. The zero-order chi connectivity index (χ0) is 9.84. The van der Waals surface area contributed by atoms with Gasteiger partial charge in [-0.05, 0) is 17.7 Å². The van der Waals surface area contributed by atoms with E-state index in [2.05, 4.69) is 0 Å². The summed E-state index contributed by atoms with van der Waals surface area (Å²) in [5, 5.41) is 9.45. The molecule has 0 fully saturated rings. The lowest BCUT2D eigenvalue weighted by atomic mass is 10.0. The van der Waals surface area contributed by atoms with Crippen LogP contribution in [0.5, 0.6) is 0 Å². The van der Waals surface area contributed by atoms with Crippen LogP contribution < -0.4 is 11.5 Å². The maximum Gasteiger partial charge on any atom is 0.0601 e. The number of rotatable bonds is 3. The lowest BCUT2D eigenvalue weighted by molar-refractivity contribution is 0.250. The molecule has 0 aliphatic carbocycles. The van der Waals surface area contributed by atoms with Gasteiger partial charge in [0.15, 0.2) is 0 Å². The Hall–Kier alpha value is -0.610. The molecule has 1 aromatic rings. The zero-order valence-electron chi connectivity index (χ0n) is 7.15. The molecule has 72 valence electrons. The van der Waals surface area contributed by atoms with Crippen LogP contribution in [0.1, 0.15) is 11.6 Å². The molecule has 0 radical (unpaired) electrons. The number of benzene rings is 1. The third kappa shape index (κ3) is 2.67. The largest absolute Gasteiger partial charge is 0.395 e. The highest BCUT2D eigenvalue weighted by atomic mass is 35.5.